The van der Waals surface area contributed by atoms with Crippen LogP contribution in [0.2, 0.25) is 0 Å². The number of nitrogens with zero attached hydrogens (tertiary/aromatic N) is 1. The van der Waals surface area contributed by atoms with Crippen LogP contribution in [0.1, 0.15) is 12.8 Å². The summed E-state index contributed by atoms with van der Waals surface area (Å²) >= 11 is 0. The Kier molecular flexibility index (Phi) is 1.24. The van der Waals surface area contributed by atoms with Gasteiger partial charge in [-0.05, 0) is 19.9 Å². The van der Waals surface area contributed by atoms with Gasteiger partial charge in [0.25, 0.3) is 0 Å². The molecule has 2 nitrogen and oxygen atoms in total. The zero-order chi connectivity index (χ0) is 6.27. The fourth-order valence-electron chi connectivity index (χ4n) is 1.86. The van der Waals surface area contributed by atoms with Crippen molar-refractivity contribution < 1.29 is 4.74 Å². The van der Waals surface area contributed by atoms with E-state index in [-0.39, 0.29) is 0 Å². The minimum absolute atomic E-state index is 0.564. The number of likely N-dealkylation sites (N-methyl/N-ethyl adjacent to an activating group) is 1. The maximum absolute atomic E-state index is 5.50. The van der Waals surface area contributed by atoms with E-state index >= 15 is 0 Å². The van der Waals surface area contributed by atoms with Crippen LogP contribution in [0.5, 0.6) is 0 Å². The van der Waals surface area contributed by atoms with Crippen LogP contribution in [-0.4, -0.2) is 37.2 Å². The summed E-state index contributed by atoms with van der Waals surface area (Å²) < 4.78 is 5.50. The van der Waals surface area contributed by atoms with Crippen molar-refractivity contribution in [3.8, 4) is 0 Å². The average Bonchev–Trinajstić information content (AvgIpc) is 2.09. The highest BCUT2D eigenvalue weighted by Crippen LogP contribution is 2.25. The Morgan fingerprint density at radius 1 is 1.56 bits per heavy atom. The lowest BCUT2D eigenvalue weighted by atomic mass is 10.1. The van der Waals surface area contributed by atoms with Gasteiger partial charge in [0.2, 0.25) is 0 Å². The molecule has 0 N–H and O–H groups in total. The standard InChI is InChI=1S/C7H13NO/c1-8-5-7-4-6(8)2-3-9-7/h6-7H,2-5H2,1H3/t6-,7+/m1/s1. The Morgan fingerprint density at radius 2 is 2.44 bits per heavy atom. The lowest BCUT2D eigenvalue weighted by Crippen LogP contribution is -2.25. The second-order valence-electron chi connectivity index (χ2n) is 3.11. The molecule has 2 heterocycles. The van der Waals surface area contributed by atoms with Gasteiger partial charge in [-0.1, -0.05) is 0 Å². The molecule has 2 aliphatic rings. The van der Waals surface area contributed by atoms with Crippen LogP contribution in [-0.2, 0) is 4.74 Å². The number of hydrogen-bond acceptors (Lipinski definition) is 2. The van der Waals surface area contributed by atoms with E-state index in [4.69, 9.17) is 4.74 Å². The van der Waals surface area contributed by atoms with Gasteiger partial charge in [-0.15, -0.1) is 0 Å². The van der Waals surface area contributed by atoms with Crippen LogP contribution in [0.4, 0.5) is 0 Å². The molecular weight excluding hydrogens is 114 g/mol. The van der Waals surface area contributed by atoms with Gasteiger partial charge in [0, 0.05) is 19.2 Å². The Balaban J connectivity index is 2.07. The molecule has 9 heavy (non-hydrogen) atoms. The second kappa shape index (κ2) is 1.96. The van der Waals surface area contributed by atoms with Crippen LogP contribution >= 0.6 is 0 Å². The fourth-order valence-corrected chi connectivity index (χ4v) is 1.86. The van der Waals surface area contributed by atoms with E-state index in [2.05, 4.69) is 11.9 Å². The molecule has 0 saturated carbocycles. The van der Waals surface area contributed by atoms with E-state index in [9.17, 15) is 0 Å². The SMILES string of the molecule is CN1C[C@@H]2C[C@H]1CCO2. The van der Waals surface area contributed by atoms with E-state index in [1.807, 2.05) is 0 Å². The van der Waals surface area contributed by atoms with Crippen molar-refractivity contribution >= 4 is 0 Å². The van der Waals surface area contributed by atoms with Crippen molar-refractivity contribution in [2.75, 3.05) is 20.2 Å². The molecule has 0 radical (unpaired) electrons. The number of hydrogen-bond donors (Lipinski definition) is 0. The lowest BCUT2D eigenvalue weighted by molar-refractivity contribution is 0.0420. The van der Waals surface area contributed by atoms with E-state index in [0.717, 1.165) is 19.2 Å². The predicted octanol–water partition coefficient (Wildman–Crippen LogP) is 0.479. The highest BCUT2D eigenvalue weighted by atomic mass is 16.5. The lowest BCUT2D eigenvalue weighted by Gasteiger charge is -2.20. The van der Waals surface area contributed by atoms with Crippen molar-refractivity contribution in [3.05, 3.63) is 0 Å². The number of ether oxygens (including phenoxy) is 1. The predicted molar refractivity (Wildman–Crippen MR) is 35.4 cm³/mol. The quantitative estimate of drug-likeness (QED) is 0.469. The van der Waals surface area contributed by atoms with Crippen molar-refractivity contribution in [1.29, 1.82) is 0 Å². The summed E-state index contributed by atoms with van der Waals surface area (Å²) in [5.41, 5.74) is 0. The number of rotatable bonds is 0. The van der Waals surface area contributed by atoms with E-state index in [1.54, 1.807) is 0 Å². The summed E-state index contributed by atoms with van der Waals surface area (Å²) in [6.07, 6.45) is 3.08. The van der Waals surface area contributed by atoms with Gasteiger partial charge in [-0.25, -0.2) is 0 Å². The van der Waals surface area contributed by atoms with Crippen molar-refractivity contribution in [2.24, 2.45) is 0 Å². The first kappa shape index (κ1) is 5.69. The summed E-state index contributed by atoms with van der Waals surface area (Å²) in [4.78, 5) is 2.41. The maximum atomic E-state index is 5.50. The normalized spacial score (nSPS) is 43.7. The molecule has 0 amide bonds. The monoisotopic (exact) mass is 127 g/mol. The van der Waals surface area contributed by atoms with Crippen LogP contribution in [0.25, 0.3) is 0 Å². The third-order valence-corrected chi connectivity index (χ3v) is 2.45. The van der Waals surface area contributed by atoms with E-state index in [1.165, 1.54) is 12.8 Å². The fraction of sp³-hybridized carbons (Fsp3) is 1.00. The summed E-state index contributed by atoms with van der Waals surface area (Å²) in [7, 11) is 2.19. The van der Waals surface area contributed by atoms with Crippen LogP contribution in [0.3, 0.4) is 0 Å². The van der Waals surface area contributed by atoms with Gasteiger partial charge in [0.1, 0.15) is 0 Å². The van der Waals surface area contributed by atoms with Gasteiger partial charge in [0.05, 0.1) is 6.10 Å². The molecule has 0 aromatic heterocycles. The van der Waals surface area contributed by atoms with Crippen LogP contribution < -0.4 is 0 Å². The summed E-state index contributed by atoms with van der Waals surface area (Å²) in [5, 5.41) is 0. The second-order valence-corrected chi connectivity index (χ2v) is 3.11. The zero-order valence-electron chi connectivity index (χ0n) is 5.84. The van der Waals surface area contributed by atoms with Gasteiger partial charge in [-0.3, -0.25) is 0 Å². The highest BCUT2D eigenvalue weighted by Gasteiger charge is 2.33. The third-order valence-electron chi connectivity index (χ3n) is 2.45. The zero-order valence-corrected chi connectivity index (χ0v) is 5.84. The van der Waals surface area contributed by atoms with E-state index < -0.39 is 0 Å². The summed E-state index contributed by atoms with van der Waals surface area (Å²) in [6, 6.07) is 0.837. The maximum Gasteiger partial charge on any atom is 0.0716 e. The first-order chi connectivity index (χ1) is 4.36. The van der Waals surface area contributed by atoms with Gasteiger partial charge < -0.3 is 9.64 Å². The first-order valence-electron chi connectivity index (χ1n) is 3.68. The number of fused-ring (bicyclic) bond motifs is 2. The molecule has 2 rings (SSSR count). The summed E-state index contributed by atoms with van der Waals surface area (Å²) in [6.45, 7) is 2.14. The van der Waals surface area contributed by atoms with E-state index in [0.29, 0.717) is 6.10 Å². The smallest absolute Gasteiger partial charge is 0.0716 e. The minimum atomic E-state index is 0.564. The molecule has 2 aliphatic heterocycles. The van der Waals surface area contributed by atoms with Crippen molar-refractivity contribution in [2.45, 2.75) is 25.0 Å². The molecule has 52 valence electrons. The average molecular weight is 127 g/mol. The Morgan fingerprint density at radius 3 is 3.11 bits per heavy atom. The molecule has 2 fully saturated rings. The van der Waals surface area contributed by atoms with Crippen LogP contribution in [0, 0.1) is 0 Å². The molecule has 0 aliphatic carbocycles. The molecular formula is C7H13NO. The third kappa shape index (κ3) is 0.864. The first-order valence-corrected chi connectivity index (χ1v) is 3.68. The van der Waals surface area contributed by atoms with Crippen LogP contribution in [0.15, 0.2) is 0 Å². The Hall–Kier alpha value is -0.0800. The van der Waals surface area contributed by atoms with Gasteiger partial charge in [0.15, 0.2) is 0 Å². The van der Waals surface area contributed by atoms with Crippen molar-refractivity contribution in [3.63, 3.8) is 0 Å². The highest BCUT2D eigenvalue weighted by molar-refractivity contribution is 4.86. The molecule has 2 bridgehead atoms. The largest absolute Gasteiger partial charge is 0.377 e. The Labute approximate surface area is 55.8 Å². The topological polar surface area (TPSA) is 12.5 Å². The molecule has 0 spiro atoms. The Bertz CT molecular complexity index is 113. The number of likely N-dealkylation sites (tertiary alicyclic amines) is 1. The van der Waals surface area contributed by atoms with Gasteiger partial charge >= 0.3 is 0 Å². The summed E-state index contributed by atoms with van der Waals surface area (Å²) in [5.74, 6) is 0. The molecule has 0 aromatic rings. The molecule has 2 atom stereocenters. The minimum Gasteiger partial charge on any atom is -0.377 e. The molecule has 0 aromatic carbocycles. The van der Waals surface area contributed by atoms with Gasteiger partial charge in [-0.2, -0.15) is 0 Å². The molecule has 2 saturated heterocycles. The molecule has 0 unspecified atom stereocenters. The van der Waals surface area contributed by atoms with Crippen molar-refractivity contribution in [1.82, 2.24) is 4.90 Å². The molecule has 2 heteroatoms.